The Kier molecular flexibility index (Phi) is 8.54. The molecule has 0 spiro atoms. The molecule has 6 heteroatoms. The Morgan fingerprint density at radius 3 is 2.69 bits per heavy atom. The van der Waals surface area contributed by atoms with Gasteiger partial charge in [-0.2, -0.15) is 0 Å². The summed E-state index contributed by atoms with van der Waals surface area (Å²) < 4.78 is 16.3. The van der Waals surface area contributed by atoms with E-state index in [0.29, 0.717) is 6.54 Å². The van der Waals surface area contributed by atoms with Crippen molar-refractivity contribution in [2.45, 2.75) is 32.7 Å². The van der Waals surface area contributed by atoms with Crippen molar-refractivity contribution >= 4 is 5.96 Å². The van der Waals surface area contributed by atoms with Crippen LogP contribution in [0.3, 0.4) is 0 Å². The van der Waals surface area contributed by atoms with Gasteiger partial charge in [-0.15, -0.1) is 0 Å². The van der Waals surface area contributed by atoms with Crippen LogP contribution in [-0.4, -0.2) is 58.4 Å². The van der Waals surface area contributed by atoms with Crippen molar-refractivity contribution in [2.75, 3.05) is 47.6 Å². The van der Waals surface area contributed by atoms with Gasteiger partial charge in [-0.25, -0.2) is 4.99 Å². The van der Waals surface area contributed by atoms with Crippen LogP contribution < -0.4 is 14.8 Å². The summed E-state index contributed by atoms with van der Waals surface area (Å²) in [5, 5.41) is 3.39. The maximum atomic E-state index is 5.51. The summed E-state index contributed by atoms with van der Waals surface area (Å²) in [5.74, 6) is 3.16. The Morgan fingerprint density at radius 1 is 1.27 bits per heavy atom. The largest absolute Gasteiger partial charge is 0.493 e. The molecule has 26 heavy (non-hydrogen) atoms. The minimum Gasteiger partial charge on any atom is -0.493 e. The Labute approximate surface area is 157 Å². The first-order valence-electron chi connectivity index (χ1n) is 9.46. The quantitative estimate of drug-likeness (QED) is 0.568. The van der Waals surface area contributed by atoms with Crippen molar-refractivity contribution in [3.05, 3.63) is 23.8 Å². The number of para-hydroxylation sites is 1. The highest BCUT2D eigenvalue weighted by atomic mass is 16.5. The number of ether oxygens (including phenoxy) is 3. The van der Waals surface area contributed by atoms with Crippen LogP contribution >= 0.6 is 0 Å². The topological polar surface area (TPSA) is 55.3 Å². The maximum absolute atomic E-state index is 5.51. The fraction of sp³-hybridized carbons (Fsp3) is 0.650. The Bertz CT molecular complexity index is 571. The van der Waals surface area contributed by atoms with E-state index in [1.165, 1.54) is 19.3 Å². The van der Waals surface area contributed by atoms with E-state index in [0.717, 1.165) is 55.2 Å². The van der Waals surface area contributed by atoms with E-state index in [4.69, 9.17) is 19.2 Å². The summed E-state index contributed by atoms with van der Waals surface area (Å²) in [6, 6.07) is 5.89. The SMILES string of the molecule is CCNC(=NCc1cccc(OC)c1OC)N(C)CCC1CCOCC1. The van der Waals surface area contributed by atoms with Crippen molar-refractivity contribution in [1.82, 2.24) is 10.2 Å². The van der Waals surface area contributed by atoms with Gasteiger partial charge in [0.15, 0.2) is 17.5 Å². The molecule has 1 fully saturated rings. The minimum atomic E-state index is 0.546. The third-order valence-corrected chi connectivity index (χ3v) is 4.79. The zero-order valence-corrected chi connectivity index (χ0v) is 16.6. The second-order valence-electron chi connectivity index (χ2n) is 6.59. The summed E-state index contributed by atoms with van der Waals surface area (Å²) in [4.78, 5) is 7.02. The third kappa shape index (κ3) is 5.80. The predicted octanol–water partition coefficient (Wildman–Crippen LogP) is 2.92. The molecule has 1 aromatic carbocycles. The van der Waals surface area contributed by atoms with Crippen molar-refractivity contribution in [3.8, 4) is 11.5 Å². The smallest absolute Gasteiger partial charge is 0.193 e. The number of aliphatic imine (C=N–C) groups is 1. The number of nitrogens with one attached hydrogen (secondary N) is 1. The van der Waals surface area contributed by atoms with Crippen molar-refractivity contribution < 1.29 is 14.2 Å². The van der Waals surface area contributed by atoms with Gasteiger partial charge in [0.05, 0.1) is 20.8 Å². The molecule has 1 N–H and O–H groups in total. The Hall–Kier alpha value is -1.95. The van der Waals surface area contributed by atoms with E-state index in [1.807, 2.05) is 18.2 Å². The lowest BCUT2D eigenvalue weighted by Gasteiger charge is -2.27. The van der Waals surface area contributed by atoms with Gasteiger partial charge in [-0.05, 0) is 38.2 Å². The van der Waals surface area contributed by atoms with Crippen LogP contribution in [0.25, 0.3) is 0 Å². The molecule has 0 unspecified atom stereocenters. The fourth-order valence-corrected chi connectivity index (χ4v) is 3.23. The molecule has 1 aromatic rings. The molecule has 0 aromatic heterocycles. The fourth-order valence-electron chi connectivity index (χ4n) is 3.23. The molecule has 2 rings (SSSR count). The summed E-state index contributed by atoms with van der Waals surface area (Å²) in [7, 11) is 5.42. The molecule has 1 saturated heterocycles. The van der Waals surface area contributed by atoms with Gasteiger partial charge >= 0.3 is 0 Å². The van der Waals surface area contributed by atoms with Crippen molar-refractivity contribution in [2.24, 2.45) is 10.9 Å². The van der Waals surface area contributed by atoms with E-state index in [9.17, 15) is 0 Å². The number of methoxy groups -OCH3 is 2. The second-order valence-corrected chi connectivity index (χ2v) is 6.59. The number of hydrogen-bond acceptors (Lipinski definition) is 4. The molecule has 1 aliphatic rings. The zero-order valence-electron chi connectivity index (χ0n) is 16.6. The lowest BCUT2D eigenvalue weighted by molar-refractivity contribution is 0.0625. The van der Waals surface area contributed by atoms with Crippen molar-refractivity contribution in [1.29, 1.82) is 0 Å². The van der Waals surface area contributed by atoms with Crippen LogP contribution in [0.4, 0.5) is 0 Å². The molecule has 0 aliphatic carbocycles. The molecule has 0 atom stereocenters. The summed E-state index contributed by atoms with van der Waals surface area (Å²) in [6.45, 7) is 6.27. The summed E-state index contributed by atoms with van der Waals surface area (Å²) in [5.41, 5.74) is 1.01. The summed E-state index contributed by atoms with van der Waals surface area (Å²) >= 11 is 0. The van der Waals surface area contributed by atoms with Crippen LogP contribution in [-0.2, 0) is 11.3 Å². The number of guanidine groups is 1. The molecule has 0 amide bonds. The van der Waals surface area contributed by atoms with Crippen LogP contribution in [0, 0.1) is 5.92 Å². The standard InChI is InChI=1S/C20H33N3O3/c1-5-21-20(23(2)12-9-16-10-13-26-14-11-16)22-15-17-7-6-8-18(24-3)19(17)25-4/h6-8,16H,5,9-15H2,1-4H3,(H,21,22). The van der Waals surface area contributed by atoms with E-state index in [-0.39, 0.29) is 0 Å². The minimum absolute atomic E-state index is 0.546. The van der Waals surface area contributed by atoms with Gasteiger partial charge in [-0.3, -0.25) is 0 Å². The predicted molar refractivity (Wildman–Crippen MR) is 105 cm³/mol. The Morgan fingerprint density at radius 2 is 2.04 bits per heavy atom. The van der Waals surface area contributed by atoms with Crippen molar-refractivity contribution in [3.63, 3.8) is 0 Å². The highest BCUT2D eigenvalue weighted by Crippen LogP contribution is 2.31. The molecular weight excluding hydrogens is 330 g/mol. The number of hydrogen-bond donors (Lipinski definition) is 1. The molecule has 1 aliphatic heterocycles. The molecule has 0 radical (unpaired) electrons. The number of benzene rings is 1. The molecule has 0 saturated carbocycles. The molecule has 1 heterocycles. The number of nitrogens with zero attached hydrogens (tertiary/aromatic N) is 2. The normalized spacial score (nSPS) is 15.6. The average molecular weight is 364 g/mol. The first-order chi connectivity index (χ1) is 12.7. The van der Waals surface area contributed by atoms with Gasteiger partial charge in [-0.1, -0.05) is 12.1 Å². The third-order valence-electron chi connectivity index (χ3n) is 4.79. The maximum Gasteiger partial charge on any atom is 0.193 e. The van der Waals surface area contributed by atoms with Crippen LogP contribution in [0.2, 0.25) is 0 Å². The molecule has 146 valence electrons. The molecule has 0 bridgehead atoms. The monoisotopic (exact) mass is 363 g/mol. The molecular formula is C20H33N3O3. The van der Waals surface area contributed by atoms with Gasteiger partial charge in [0.1, 0.15) is 0 Å². The van der Waals surface area contributed by atoms with Crippen LogP contribution in [0.1, 0.15) is 31.7 Å². The average Bonchev–Trinajstić information content (AvgIpc) is 2.69. The van der Waals surface area contributed by atoms with E-state index in [1.54, 1.807) is 14.2 Å². The van der Waals surface area contributed by atoms with Gasteiger partial charge in [0.2, 0.25) is 0 Å². The van der Waals surface area contributed by atoms with Gasteiger partial charge in [0.25, 0.3) is 0 Å². The van der Waals surface area contributed by atoms with E-state index < -0.39 is 0 Å². The second kappa shape index (κ2) is 10.9. The lowest BCUT2D eigenvalue weighted by Crippen LogP contribution is -2.40. The Balaban J connectivity index is 2.01. The lowest BCUT2D eigenvalue weighted by atomic mass is 9.96. The number of rotatable bonds is 8. The highest BCUT2D eigenvalue weighted by Gasteiger charge is 2.16. The highest BCUT2D eigenvalue weighted by molar-refractivity contribution is 5.79. The first kappa shape index (κ1) is 20.4. The van der Waals surface area contributed by atoms with E-state index in [2.05, 4.69) is 24.2 Å². The molecule has 6 nitrogen and oxygen atoms in total. The zero-order chi connectivity index (χ0) is 18.8. The van der Waals surface area contributed by atoms with E-state index >= 15 is 0 Å². The van der Waals surface area contributed by atoms with Gasteiger partial charge < -0.3 is 24.4 Å². The van der Waals surface area contributed by atoms with Crippen LogP contribution in [0.5, 0.6) is 11.5 Å². The first-order valence-corrected chi connectivity index (χ1v) is 9.46. The van der Waals surface area contributed by atoms with Gasteiger partial charge in [0, 0.05) is 38.9 Å². The van der Waals surface area contributed by atoms with Crippen LogP contribution in [0.15, 0.2) is 23.2 Å². The summed E-state index contributed by atoms with van der Waals surface area (Å²) in [6.07, 6.45) is 3.51.